The van der Waals surface area contributed by atoms with Gasteiger partial charge in [-0.2, -0.15) is 0 Å². The van der Waals surface area contributed by atoms with Gasteiger partial charge >= 0.3 is 5.97 Å². The molecule has 0 radical (unpaired) electrons. The number of rotatable bonds is 4. The molecule has 0 heterocycles. The van der Waals surface area contributed by atoms with E-state index in [0.29, 0.717) is 25.3 Å². The highest BCUT2D eigenvalue weighted by molar-refractivity contribution is 5.91. The number of hydrogen-bond donors (Lipinski definition) is 3. The fraction of sp³-hybridized carbons (Fsp3) is 0.846. The number of carboxylic acid groups (broad SMARTS) is 1. The van der Waals surface area contributed by atoms with E-state index in [9.17, 15) is 14.7 Å². The minimum Gasteiger partial charge on any atom is -0.480 e. The zero-order valence-electron chi connectivity index (χ0n) is 10.9. The quantitative estimate of drug-likeness (QED) is 0.694. The van der Waals surface area contributed by atoms with Crippen LogP contribution >= 0.6 is 0 Å². The Hall–Kier alpha value is -1.10. The maximum absolute atomic E-state index is 12.2. The van der Waals surface area contributed by atoms with E-state index in [1.54, 1.807) is 0 Å². The Bertz CT molecular complexity index is 365. The van der Waals surface area contributed by atoms with E-state index < -0.39 is 16.9 Å². The summed E-state index contributed by atoms with van der Waals surface area (Å²) in [6.07, 6.45) is 4.49. The Morgan fingerprint density at radius 2 is 2.06 bits per heavy atom. The fourth-order valence-electron chi connectivity index (χ4n) is 2.94. The molecule has 2 saturated carbocycles. The number of carboxylic acids is 1. The van der Waals surface area contributed by atoms with Crippen LogP contribution in [0.2, 0.25) is 0 Å². The molecule has 4 N–H and O–H groups in total. The number of nitrogens with one attached hydrogen (secondary N) is 1. The van der Waals surface area contributed by atoms with Crippen LogP contribution in [0.4, 0.5) is 0 Å². The summed E-state index contributed by atoms with van der Waals surface area (Å²) in [5.74, 6) is -0.736. The van der Waals surface area contributed by atoms with Crippen molar-refractivity contribution in [2.45, 2.75) is 51.0 Å². The fourth-order valence-corrected chi connectivity index (χ4v) is 2.94. The van der Waals surface area contributed by atoms with Crippen molar-refractivity contribution in [3.8, 4) is 0 Å². The van der Waals surface area contributed by atoms with E-state index >= 15 is 0 Å². The SMILES string of the molecule is CC1CCCC(NC(=O)C2(CN)CC2)(C(=O)O)C1. The Labute approximate surface area is 107 Å². The van der Waals surface area contributed by atoms with Crippen molar-refractivity contribution >= 4 is 11.9 Å². The van der Waals surface area contributed by atoms with E-state index in [1.807, 2.05) is 6.92 Å². The standard InChI is InChI=1S/C13H22N2O3/c1-9-3-2-4-13(7-9,11(17)18)15-10(16)12(8-14)5-6-12/h9H,2-8,14H2,1H3,(H,15,16)(H,17,18). The van der Waals surface area contributed by atoms with Crippen LogP contribution in [0.3, 0.4) is 0 Å². The van der Waals surface area contributed by atoms with E-state index in [0.717, 1.165) is 25.7 Å². The first-order valence-corrected chi connectivity index (χ1v) is 6.70. The van der Waals surface area contributed by atoms with Crippen molar-refractivity contribution in [1.29, 1.82) is 0 Å². The van der Waals surface area contributed by atoms with Crippen molar-refractivity contribution in [3.05, 3.63) is 0 Å². The highest BCUT2D eigenvalue weighted by atomic mass is 16.4. The molecule has 0 aromatic heterocycles. The highest BCUT2D eigenvalue weighted by Gasteiger charge is 2.52. The molecular weight excluding hydrogens is 232 g/mol. The second-order valence-electron chi connectivity index (χ2n) is 6.03. The molecule has 18 heavy (non-hydrogen) atoms. The van der Waals surface area contributed by atoms with E-state index in [2.05, 4.69) is 5.32 Å². The topological polar surface area (TPSA) is 92.4 Å². The molecule has 2 aliphatic carbocycles. The lowest BCUT2D eigenvalue weighted by molar-refractivity contribution is -0.151. The summed E-state index contributed by atoms with van der Waals surface area (Å²) in [5.41, 5.74) is 4.06. The predicted molar refractivity (Wildman–Crippen MR) is 66.9 cm³/mol. The lowest BCUT2D eigenvalue weighted by atomic mass is 9.76. The minimum absolute atomic E-state index is 0.165. The van der Waals surface area contributed by atoms with Crippen LogP contribution in [0.25, 0.3) is 0 Å². The van der Waals surface area contributed by atoms with Crippen LogP contribution in [0.1, 0.15) is 45.4 Å². The maximum Gasteiger partial charge on any atom is 0.329 e. The van der Waals surface area contributed by atoms with Crippen LogP contribution in [-0.2, 0) is 9.59 Å². The van der Waals surface area contributed by atoms with E-state index in [4.69, 9.17) is 5.73 Å². The smallest absolute Gasteiger partial charge is 0.329 e. The molecular formula is C13H22N2O3. The molecule has 0 bridgehead atoms. The molecule has 5 nitrogen and oxygen atoms in total. The normalized spacial score (nSPS) is 33.8. The largest absolute Gasteiger partial charge is 0.480 e. The van der Waals surface area contributed by atoms with Gasteiger partial charge in [-0.25, -0.2) is 4.79 Å². The first-order chi connectivity index (χ1) is 8.44. The van der Waals surface area contributed by atoms with Crippen LogP contribution in [0, 0.1) is 11.3 Å². The molecule has 0 aromatic carbocycles. The number of aliphatic carboxylic acids is 1. The first kappa shape index (κ1) is 13.3. The van der Waals surface area contributed by atoms with E-state index in [-0.39, 0.29) is 5.91 Å². The lowest BCUT2D eigenvalue weighted by Gasteiger charge is -2.38. The monoisotopic (exact) mass is 254 g/mol. The summed E-state index contributed by atoms with van der Waals surface area (Å²) in [4.78, 5) is 23.7. The molecule has 2 aliphatic rings. The third kappa shape index (κ3) is 2.23. The van der Waals surface area contributed by atoms with Gasteiger partial charge in [-0.05, 0) is 31.6 Å². The van der Waals surface area contributed by atoms with Crippen LogP contribution in [0.5, 0.6) is 0 Å². The molecule has 2 unspecified atom stereocenters. The lowest BCUT2D eigenvalue weighted by Crippen LogP contribution is -2.59. The van der Waals surface area contributed by atoms with Crippen molar-refractivity contribution < 1.29 is 14.7 Å². The van der Waals surface area contributed by atoms with Gasteiger partial charge in [-0.15, -0.1) is 0 Å². The van der Waals surface area contributed by atoms with Crippen LogP contribution in [0.15, 0.2) is 0 Å². The molecule has 102 valence electrons. The molecule has 0 spiro atoms. The summed E-state index contributed by atoms with van der Waals surface area (Å²) in [6, 6.07) is 0. The average Bonchev–Trinajstić information content (AvgIpc) is 3.09. The number of carbonyl (C=O) groups excluding carboxylic acids is 1. The third-order valence-corrected chi connectivity index (χ3v) is 4.49. The second kappa shape index (κ2) is 4.53. The van der Waals surface area contributed by atoms with Gasteiger partial charge < -0.3 is 16.2 Å². The highest BCUT2D eigenvalue weighted by Crippen LogP contribution is 2.45. The third-order valence-electron chi connectivity index (χ3n) is 4.49. The summed E-state index contributed by atoms with van der Waals surface area (Å²) >= 11 is 0. The molecule has 2 fully saturated rings. The molecule has 0 aromatic rings. The molecule has 1 amide bonds. The van der Waals surface area contributed by atoms with Crippen molar-refractivity contribution in [2.75, 3.05) is 6.54 Å². The van der Waals surface area contributed by atoms with Gasteiger partial charge in [0.25, 0.3) is 0 Å². The van der Waals surface area contributed by atoms with Crippen molar-refractivity contribution in [3.63, 3.8) is 0 Å². The van der Waals surface area contributed by atoms with Gasteiger partial charge in [-0.3, -0.25) is 4.79 Å². The average molecular weight is 254 g/mol. The van der Waals surface area contributed by atoms with Crippen LogP contribution in [-0.4, -0.2) is 29.1 Å². The molecule has 0 saturated heterocycles. The first-order valence-electron chi connectivity index (χ1n) is 6.70. The van der Waals surface area contributed by atoms with Gasteiger partial charge in [0, 0.05) is 6.54 Å². The number of carbonyl (C=O) groups is 2. The number of nitrogens with two attached hydrogens (primary N) is 1. The summed E-state index contributed by atoms with van der Waals surface area (Å²) in [5, 5.41) is 12.3. The van der Waals surface area contributed by atoms with Gasteiger partial charge in [0.1, 0.15) is 5.54 Å². The molecule has 2 atom stereocenters. The van der Waals surface area contributed by atoms with Crippen LogP contribution < -0.4 is 11.1 Å². The van der Waals surface area contributed by atoms with Gasteiger partial charge in [0.2, 0.25) is 5.91 Å². The van der Waals surface area contributed by atoms with Gasteiger partial charge in [0.05, 0.1) is 5.41 Å². The van der Waals surface area contributed by atoms with Crippen molar-refractivity contribution in [2.24, 2.45) is 17.1 Å². The summed E-state index contributed by atoms with van der Waals surface area (Å²) < 4.78 is 0. The number of amides is 1. The van der Waals surface area contributed by atoms with Gasteiger partial charge in [-0.1, -0.05) is 19.8 Å². The Morgan fingerprint density at radius 1 is 1.39 bits per heavy atom. The van der Waals surface area contributed by atoms with Gasteiger partial charge in [0.15, 0.2) is 0 Å². The Balaban J connectivity index is 2.11. The molecule has 0 aliphatic heterocycles. The maximum atomic E-state index is 12.2. The minimum atomic E-state index is -1.07. The number of hydrogen-bond acceptors (Lipinski definition) is 3. The van der Waals surface area contributed by atoms with Crippen molar-refractivity contribution in [1.82, 2.24) is 5.32 Å². The summed E-state index contributed by atoms with van der Waals surface area (Å²) in [6.45, 7) is 2.35. The molecule has 5 heteroatoms. The Kier molecular flexibility index (Phi) is 3.36. The van der Waals surface area contributed by atoms with E-state index in [1.165, 1.54) is 0 Å². The zero-order chi connectivity index (χ0) is 13.4. The second-order valence-corrected chi connectivity index (χ2v) is 6.03. The summed E-state index contributed by atoms with van der Waals surface area (Å²) in [7, 11) is 0. The predicted octanol–water partition coefficient (Wildman–Crippen LogP) is 0.875. The zero-order valence-corrected chi connectivity index (χ0v) is 10.9. The molecule has 2 rings (SSSR count). The Morgan fingerprint density at radius 3 is 2.50 bits per heavy atom.